The Morgan fingerprint density at radius 1 is 1.05 bits per heavy atom. The third kappa shape index (κ3) is 10.8. The van der Waals surface area contributed by atoms with E-state index in [0.717, 1.165) is 0 Å². The Balaban J connectivity index is 4.18. The summed E-state index contributed by atoms with van der Waals surface area (Å²) in [5, 5.41) is 2.56. The highest BCUT2D eigenvalue weighted by molar-refractivity contribution is 5.86. The molecule has 0 heterocycles. The van der Waals surface area contributed by atoms with Gasteiger partial charge in [-0.1, -0.05) is 0 Å². The van der Waals surface area contributed by atoms with Crippen LogP contribution in [-0.4, -0.2) is 42.3 Å². The number of nitrogens with two attached hydrogens (primary N) is 1. The van der Waals surface area contributed by atoms with Crippen molar-refractivity contribution in [1.29, 1.82) is 0 Å². The standard InChI is InChI=1S/C14H28N2O4/c1-13(2,3)19-8-7-11(17)16-10(12(15)18)9-20-14(4,5)6/h10H,7-9H2,1-6H3,(H2,15,18)(H,16,17). The molecule has 0 aliphatic carbocycles. The van der Waals surface area contributed by atoms with Gasteiger partial charge in [0.15, 0.2) is 0 Å². The molecule has 1 unspecified atom stereocenters. The molecular weight excluding hydrogens is 260 g/mol. The molecule has 0 radical (unpaired) electrons. The molecule has 0 aromatic rings. The second-order valence-electron chi connectivity index (χ2n) is 6.66. The van der Waals surface area contributed by atoms with Crippen LogP contribution in [0.3, 0.4) is 0 Å². The second-order valence-corrected chi connectivity index (χ2v) is 6.66. The van der Waals surface area contributed by atoms with E-state index < -0.39 is 17.6 Å². The summed E-state index contributed by atoms with van der Waals surface area (Å²) in [6, 6.07) is -0.823. The van der Waals surface area contributed by atoms with Crippen LogP contribution in [0, 0.1) is 0 Å². The van der Waals surface area contributed by atoms with Crippen molar-refractivity contribution in [3.05, 3.63) is 0 Å². The number of primary amides is 1. The highest BCUT2D eigenvalue weighted by Gasteiger charge is 2.21. The van der Waals surface area contributed by atoms with Crippen molar-refractivity contribution < 1.29 is 19.1 Å². The van der Waals surface area contributed by atoms with Crippen LogP contribution >= 0.6 is 0 Å². The first-order valence-electron chi connectivity index (χ1n) is 6.77. The lowest BCUT2D eigenvalue weighted by atomic mass is 10.2. The number of rotatable bonds is 7. The second kappa shape index (κ2) is 7.59. The highest BCUT2D eigenvalue weighted by Crippen LogP contribution is 2.08. The number of nitrogens with one attached hydrogen (secondary N) is 1. The fourth-order valence-electron chi connectivity index (χ4n) is 1.24. The Kier molecular flexibility index (Phi) is 7.16. The van der Waals surface area contributed by atoms with Gasteiger partial charge in [0.25, 0.3) is 0 Å². The average Bonchev–Trinajstić information content (AvgIpc) is 2.20. The van der Waals surface area contributed by atoms with E-state index in [1.807, 2.05) is 41.5 Å². The predicted octanol–water partition coefficient (Wildman–Crippen LogP) is 0.977. The quantitative estimate of drug-likeness (QED) is 0.730. The average molecular weight is 288 g/mol. The fourth-order valence-corrected chi connectivity index (χ4v) is 1.24. The first-order valence-corrected chi connectivity index (χ1v) is 6.77. The van der Waals surface area contributed by atoms with Gasteiger partial charge in [-0.15, -0.1) is 0 Å². The molecule has 3 N–H and O–H groups in total. The lowest BCUT2D eigenvalue weighted by Crippen LogP contribution is -2.48. The number of hydrogen-bond donors (Lipinski definition) is 2. The molecule has 0 aromatic carbocycles. The highest BCUT2D eigenvalue weighted by atomic mass is 16.5. The number of hydrogen-bond acceptors (Lipinski definition) is 4. The van der Waals surface area contributed by atoms with E-state index in [1.54, 1.807) is 0 Å². The van der Waals surface area contributed by atoms with E-state index in [9.17, 15) is 9.59 Å². The molecule has 0 spiro atoms. The first-order chi connectivity index (χ1) is 8.91. The third-order valence-corrected chi connectivity index (χ3v) is 2.23. The molecule has 6 nitrogen and oxygen atoms in total. The number of amides is 2. The molecule has 0 aromatic heterocycles. The van der Waals surface area contributed by atoms with Gasteiger partial charge in [0, 0.05) is 0 Å². The Morgan fingerprint density at radius 2 is 1.55 bits per heavy atom. The Morgan fingerprint density at radius 3 is 1.95 bits per heavy atom. The monoisotopic (exact) mass is 288 g/mol. The Bertz CT molecular complexity index is 329. The van der Waals surface area contributed by atoms with E-state index in [2.05, 4.69) is 5.32 Å². The number of ether oxygens (including phenoxy) is 2. The zero-order chi connectivity index (χ0) is 16.0. The molecule has 20 heavy (non-hydrogen) atoms. The van der Waals surface area contributed by atoms with Gasteiger partial charge in [-0.05, 0) is 41.5 Å². The molecule has 0 bridgehead atoms. The summed E-state index contributed by atoms with van der Waals surface area (Å²) in [5.41, 5.74) is 4.56. The lowest BCUT2D eigenvalue weighted by Gasteiger charge is -2.24. The van der Waals surface area contributed by atoms with Gasteiger partial charge in [0.05, 0.1) is 30.8 Å². The van der Waals surface area contributed by atoms with Gasteiger partial charge in [0.1, 0.15) is 6.04 Å². The molecular formula is C14H28N2O4. The van der Waals surface area contributed by atoms with Gasteiger partial charge in [0.2, 0.25) is 11.8 Å². The maximum Gasteiger partial charge on any atom is 0.242 e. The van der Waals surface area contributed by atoms with Crippen molar-refractivity contribution in [3.63, 3.8) is 0 Å². The maximum atomic E-state index is 11.7. The third-order valence-electron chi connectivity index (χ3n) is 2.23. The zero-order valence-electron chi connectivity index (χ0n) is 13.4. The van der Waals surface area contributed by atoms with Crippen LogP contribution in [0.4, 0.5) is 0 Å². The van der Waals surface area contributed by atoms with E-state index >= 15 is 0 Å². The maximum absolute atomic E-state index is 11.7. The molecule has 0 saturated heterocycles. The molecule has 0 saturated carbocycles. The molecule has 0 rings (SSSR count). The summed E-state index contributed by atoms with van der Waals surface area (Å²) in [4.78, 5) is 23.0. The minimum absolute atomic E-state index is 0.0602. The predicted molar refractivity (Wildman–Crippen MR) is 77.2 cm³/mol. The van der Waals surface area contributed by atoms with Gasteiger partial charge < -0.3 is 20.5 Å². The first kappa shape index (κ1) is 18.9. The van der Waals surface area contributed by atoms with Crippen molar-refractivity contribution in [2.24, 2.45) is 5.73 Å². The van der Waals surface area contributed by atoms with Gasteiger partial charge in [-0.25, -0.2) is 0 Å². The molecule has 0 fully saturated rings. The molecule has 6 heteroatoms. The largest absolute Gasteiger partial charge is 0.375 e. The van der Waals surface area contributed by atoms with Gasteiger partial charge in [-0.3, -0.25) is 9.59 Å². The van der Waals surface area contributed by atoms with Crippen molar-refractivity contribution >= 4 is 11.8 Å². The van der Waals surface area contributed by atoms with Crippen LogP contribution in [-0.2, 0) is 19.1 Å². The smallest absolute Gasteiger partial charge is 0.242 e. The lowest BCUT2D eigenvalue weighted by molar-refractivity contribution is -0.131. The SMILES string of the molecule is CC(C)(C)OCCC(=O)NC(COC(C)(C)C)C(N)=O. The van der Waals surface area contributed by atoms with Crippen molar-refractivity contribution in [2.75, 3.05) is 13.2 Å². The van der Waals surface area contributed by atoms with Crippen molar-refractivity contribution in [1.82, 2.24) is 5.32 Å². The molecule has 2 amide bonds. The minimum atomic E-state index is -0.823. The summed E-state index contributed by atoms with van der Waals surface area (Å²) >= 11 is 0. The zero-order valence-corrected chi connectivity index (χ0v) is 13.4. The normalized spacial score (nSPS) is 13.9. The van der Waals surface area contributed by atoms with E-state index in [0.29, 0.717) is 6.61 Å². The summed E-state index contributed by atoms with van der Waals surface area (Å²) in [5.74, 6) is -0.894. The number of carbonyl (C=O) groups excluding carboxylic acids is 2. The van der Waals surface area contributed by atoms with E-state index in [1.165, 1.54) is 0 Å². The fraction of sp³-hybridized carbons (Fsp3) is 0.857. The van der Waals surface area contributed by atoms with Crippen LogP contribution in [0.15, 0.2) is 0 Å². The van der Waals surface area contributed by atoms with E-state index in [-0.39, 0.29) is 24.5 Å². The van der Waals surface area contributed by atoms with Gasteiger partial charge >= 0.3 is 0 Å². The topological polar surface area (TPSA) is 90.7 Å². The van der Waals surface area contributed by atoms with Crippen LogP contribution in [0.5, 0.6) is 0 Å². The Hall–Kier alpha value is -1.14. The summed E-state index contributed by atoms with van der Waals surface area (Å²) in [7, 11) is 0. The van der Waals surface area contributed by atoms with Crippen LogP contribution in [0.2, 0.25) is 0 Å². The number of carbonyl (C=O) groups is 2. The van der Waals surface area contributed by atoms with Crippen molar-refractivity contribution in [3.8, 4) is 0 Å². The molecule has 0 aliphatic rings. The Labute approximate surface area is 121 Å². The van der Waals surface area contributed by atoms with E-state index in [4.69, 9.17) is 15.2 Å². The van der Waals surface area contributed by atoms with Crippen LogP contribution < -0.4 is 11.1 Å². The van der Waals surface area contributed by atoms with Crippen molar-refractivity contribution in [2.45, 2.75) is 65.2 Å². The summed E-state index contributed by atoms with van der Waals surface area (Å²) in [6.07, 6.45) is 0.177. The molecule has 1 atom stereocenters. The molecule has 0 aliphatic heterocycles. The van der Waals surface area contributed by atoms with Crippen LogP contribution in [0.25, 0.3) is 0 Å². The summed E-state index contributed by atoms with van der Waals surface area (Å²) in [6.45, 7) is 11.7. The molecule has 118 valence electrons. The van der Waals surface area contributed by atoms with Crippen LogP contribution in [0.1, 0.15) is 48.0 Å². The van der Waals surface area contributed by atoms with Gasteiger partial charge in [-0.2, -0.15) is 0 Å². The summed E-state index contributed by atoms with van der Waals surface area (Å²) < 4.78 is 10.9. The minimum Gasteiger partial charge on any atom is -0.375 e.